The number of amides is 1. The van der Waals surface area contributed by atoms with Crippen molar-refractivity contribution in [2.75, 3.05) is 5.43 Å². The number of nitrogens with one attached hydrogen (secondary N) is 2. The second-order valence-corrected chi connectivity index (χ2v) is 2.79. The van der Waals surface area contributed by atoms with E-state index in [0.29, 0.717) is 11.8 Å². The van der Waals surface area contributed by atoms with Crippen molar-refractivity contribution >= 4 is 17.6 Å². The van der Waals surface area contributed by atoms with Crippen LogP contribution in [0.3, 0.4) is 0 Å². The number of carboxylic acid groups (broad SMARTS) is 1. The molecule has 1 rings (SSSR count). The third-order valence-corrected chi connectivity index (χ3v) is 1.55. The van der Waals surface area contributed by atoms with Crippen LogP contribution in [0.5, 0.6) is 0 Å². The number of hydrogen-bond acceptors (Lipinski definition) is 3. The van der Waals surface area contributed by atoms with E-state index in [-0.39, 0.29) is 5.82 Å². The summed E-state index contributed by atoms with van der Waals surface area (Å²) in [5, 5.41) is 8.25. The summed E-state index contributed by atoms with van der Waals surface area (Å²) in [7, 11) is 0. The van der Waals surface area contributed by atoms with Gasteiger partial charge in [-0.1, -0.05) is 0 Å². The predicted octanol–water partition coefficient (Wildman–Crippen LogP) is 0.910. The average Bonchev–Trinajstić information content (AvgIpc) is 2.25. The third-order valence-electron chi connectivity index (χ3n) is 1.55. The molecule has 0 unspecified atom stereocenters. The van der Waals surface area contributed by atoms with Crippen LogP contribution in [-0.2, 0) is 9.59 Å². The van der Waals surface area contributed by atoms with Crippen LogP contribution >= 0.6 is 0 Å². The second-order valence-electron chi connectivity index (χ2n) is 2.79. The Labute approximate surface area is 90.6 Å². The van der Waals surface area contributed by atoms with Crippen molar-refractivity contribution in [3.05, 3.63) is 42.2 Å². The molecule has 0 aliphatic carbocycles. The first-order chi connectivity index (χ1) is 7.58. The predicted molar refractivity (Wildman–Crippen MR) is 54.9 cm³/mol. The number of rotatable bonds is 4. The van der Waals surface area contributed by atoms with Crippen LogP contribution in [0.25, 0.3) is 0 Å². The van der Waals surface area contributed by atoms with E-state index in [1.807, 2.05) is 0 Å². The minimum Gasteiger partial charge on any atom is -0.478 e. The SMILES string of the molecule is O=C(O)/C=C\C(=O)NNc1ccc(F)cc1. The maximum Gasteiger partial charge on any atom is 0.328 e. The van der Waals surface area contributed by atoms with E-state index in [2.05, 4.69) is 10.9 Å². The molecule has 0 fully saturated rings. The zero-order valence-corrected chi connectivity index (χ0v) is 8.11. The van der Waals surface area contributed by atoms with E-state index in [1.54, 1.807) is 0 Å². The van der Waals surface area contributed by atoms with Gasteiger partial charge >= 0.3 is 5.97 Å². The van der Waals surface area contributed by atoms with Crippen molar-refractivity contribution in [1.82, 2.24) is 5.43 Å². The Morgan fingerprint density at radius 3 is 2.38 bits per heavy atom. The van der Waals surface area contributed by atoms with Crippen molar-refractivity contribution in [2.45, 2.75) is 0 Å². The van der Waals surface area contributed by atoms with Gasteiger partial charge in [0, 0.05) is 12.2 Å². The van der Waals surface area contributed by atoms with E-state index in [1.165, 1.54) is 24.3 Å². The lowest BCUT2D eigenvalue weighted by atomic mass is 10.3. The molecule has 1 aromatic carbocycles. The normalized spacial score (nSPS) is 10.1. The van der Waals surface area contributed by atoms with Crippen LogP contribution < -0.4 is 10.9 Å². The van der Waals surface area contributed by atoms with Gasteiger partial charge in [0.2, 0.25) is 0 Å². The highest BCUT2D eigenvalue weighted by Crippen LogP contribution is 2.06. The summed E-state index contributed by atoms with van der Waals surface area (Å²) in [6, 6.07) is 5.30. The molecule has 0 saturated carbocycles. The molecule has 0 bridgehead atoms. The van der Waals surface area contributed by atoms with Crippen molar-refractivity contribution in [1.29, 1.82) is 0 Å². The van der Waals surface area contributed by atoms with Crippen LogP contribution in [0, 0.1) is 5.82 Å². The first-order valence-electron chi connectivity index (χ1n) is 4.30. The average molecular weight is 224 g/mol. The van der Waals surface area contributed by atoms with Crippen molar-refractivity contribution < 1.29 is 19.1 Å². The lowest BCUT2D eigenvalue weighted by molar-refractivity contribution is -0.131. The van der Waals surface area contributed by atoms with Gasteiger partial charge < -0.3 is 5.11 Å². The third kappa shape index (κ3) is 4.23. The van der Waals surface area contributed by atoms with Crippen molar-refractivity contribution in [3.8, 4) is 0 Å². The quantitative estimate of drug-likeness (QED) is 0.524. The van der Waals surface area contributed by atoms with Gasteiger partial charge in [0.05, 0.1) is 5.69 Å². The minimum absolute atomic E-state index is 0.386. The number of carbonyl (C=O) groups is 2. The Morgan fingerprint density at radius 1 is 1.19 bits per heavy atom. The molecule has 0 aliphatic heterocycles. The van der Waals surface area contributed by atoms with Crippen LogP contribution in [-0.4, -0.2) is 17.0 Å². The standard InChI is InChI=1S/C10H9FN2O3/c11-7-1-3-8(4-2-7)12-13-9(14)5-6-10(15)16/h1-6,12H,(H,13,14)(H,15,16)/b6-5-. The van der Waals surface area contributed by atoms with E-state index in [0.717, 1.165) is 6.08 Å². The van der Waals surface area contributed by atoms with E-state index in [9.17, 15) is 14.0 Å². The molecule has 1 amide bonds. The summed E-state index contributed by atoms with van der Waals surface area (Å²) in [6.07, 6.45) is 1.57. The number of halogens is 1. The van der Waals surface area contributed by atoms with Crippen molar-refractivity contribution in [3.63, 3.8) is 0 Å². The van der Waals surface area contributed by atoms with Crippen molar-refractivity contribution in [2.24, 2.45) is 0 Å². The van der Waals surface area contributed by atoms with Crippen LogP contribution in [0.15, 0.2) is 36.4 Å². The summed E-state index contributed by atoms with van der Waals surface area (Å²) in [6.45, 7) is 0. The molecule has 1 aromatic rings. The molecule has 0 saturated heterocycles. The van der Waals surface area contributed by atoms with Gasteiger partial charge in [0.15, 0.2) is 0 Å². The molecule has 0 aromatic heterocycles. The first kappa shape index (κ1) is 11.7. The van der Waals surface area contributed by atoms with Gasteiger partial charge in [0.25, 0.3) is 5.91 Å². The number of carboxylic acids is 1. The molecule has 3 N–H and O–H groups in total. The second kappa shape index (κ2) is 5.50. The molecule has 0 spiro atoms. The minimum atomic E-state index is -1.21. The molecule has 0 aliphatic rings. The summed E-state index contributed by atoms with van der Waals surface area (Å²) >= 11 is 0. The van der Waals surface area contributed by atoms with Gasteiger partial charge in [-0.15, -0.1) is 0 Å². The molecule has 0 atom stereocenters. The van der Waals surface area contributed by atoms with Gasteiger partial charge in [-0.25, -0.2) is 9.18 Å². The summed E-state index contributed by atoms with van der Waals surface area (Å²) in [5.74, 6) is -2.22. The van der Waals surface area contributed by atoms with Gasteiger partial charge in [0.1, 0.15) is 5.82 Å². The molecule has 16 heavy (non-hydrogen) atoms. The Morgan fingerprint density at radius 2 is 1.81 bits per heavy atom. The Bertz CT molecular complexity index is 415. The fourth-order valence-corrected chi connectivity index (χ4v) is 0.856. The molecule has 6 heteroatoms. The highest BCUT2D eigenvalue weighted by molar-refractivity contribution is 5.94. The first-order valence-corrected chi connectivity index (χ1v) is 4.30. The van der Waals surface area contributed by atoms with Crippen LogP contribution in [0.2, 0.25) is 0 Å². The Hall–Kier alpha value is -2.37. The monoisotopic (exact) mass is 224 g/mol. The lowest BCUT2D eigenvalue weighted by Gasteiger charge is -2.05. The fraction of sp³-hybridized carbons (Fsp3) is 0. The van der Waals surface area contributed by atoms with E-state index < -0.39 is 11.9 Å². The maximum atomic E-state index is 12.5. The van der Waals surface area contributed by atoms with Gasteiger partial charge in [-0.3, -0.25) is 15.6 Å². The molecule has 0 heterocycles. The smallest absolute Gasteiger partial charge is 0.328 e. The van der Waals surface area contributed by atoms with Crippen LogP contribution in [0.4, 0.5) is 10.1 Å². The summed E-state index contributed by atoms with van der Waals surface area (Å²) in [5.41, 5.74) is 5.18. The number of benzene rings is 1. The number of carbonyl (C=O) groups excluding carboxylic acids is 1. The van der Waals surface area contributed by atoms with E-state index >= 15 is 0 Å². The van der Waals surface area contributed by atoms with Gasteiger partial charge in [-0.05, 0) is 24.3 Å². The highest BCUT2D eigenvalue weighted by Gasteiger charge is 1.96. The number of aliphatic carboxylic acids is 1. The summed E-state index contributed by atoms with van der Waals surface area (Å²) in [4.78, 5) is 21.1. The molecule has 84 valence electrons. The summed E-state index contributed by atoms with van der Waals surface area (Å²) < 4.78 is 12.5. The Kier molecular flexibility index (Phi) is 4.02. The fourth-order valence-electron chi connectivity index (χ4n) is 0.856. The maximum absolute atomic E-state index is 12.5. The molecular weight excluding hydrogens is 215 g/mol. The molecule has 0 radical (unpaired) electrons. The zero-order valence-electron chi connectivity index (χ0n) is 8.11. The number of hydrogen-bond donors (Lipinski definition) is 3. The Balaban J connectivity index is 2.43. The topological polar surface area (TPSA) is 78.4 Å². The molecular formula is C10H9FN2O3. The van der Waals surface area contributed by atoms with E-state index in [4.69, 9.17) is 5.11 Å². The lowest BCUT2D eigenvalue weighted by Crippen LogP contribution is -2.27. The number of hydrazine groups is 1. The highest BCUT2D eigenvalue weighted by atomic mass is 19.1. The van der Waals surface area contributed by atoms with Crippen LogP contribution in [0.1, 0.15) is 0 Å². The largest absolute Gasteiger partial charge is 0.478 e. The van der Waals surface area contributed by atoms with Gasteiger partial charge in [-0.2, -0.15) is 0 Å². The number of anilines is 1. The zero-order chi connectivity index (χ0) is 12.0. The molecule has 5 nitrogen and oxygen atoms in total.